The number of nitrogens with zero attached hydrogens (tertiary/aromatic N) is 2. The normalized spacial score (nSPS) is 22.2. The molecule has 0 aliphatic heterocycles. The van der Waals surface area contributed by atoms with Crippen molar-refractivity contribution in [2.75, 3.05) is 5.32 Å². The lowest BCUT2D eigenvalue weighted by Crippen LogP contribution is -2.31. The zero-order chi connectivity index (χ0) is 13.8. The highest BCUT2D eigenvalue weighted by atomic mass is 32.1. The van der Waals surface area contributed by atoms with E-state index < -0.39 is 0 Å². The highest BCUT2D eigenvalue weighted by molar-refractivity contribution is 7.15. The molecule has 0 radical (unpaired) electrons. The molecule has 1 aliphatic rings. The zero-order valence-corrected chi connectivity index (χ0v) is 11.5. The van der Waals surface area contributed by atoms with Gasteiger partial charge in [0.25, 0.3) is 0 Å². The number of nitrogens with two attached hydrogens (primary N) is 1. The van der Waals surface area contributed by atoms with Crippen LogP contribution in [0.1, 0.15) is 43.5 Å². The number of hydrazine groups is 1. The number of amides is 2. The first kappa shape index (κ1) is 13.9. The maximum Gasteiger partial charge on any atom is 0.234 e. The average Bonchev–Trinajstić information content (AvgIpc) is 2.97. The van der Waals surface area contributed by atoms with Crippen LogP contribution in [0.15, 0.2) is 0 Å². The number of aromatic nitrogens is 2. The molecule has 0 bridgehead atoms. The number of carbonyl (C=O) groups is 2. The van der Waals surface area contributed by atoms with Crippen LogP contribution >= 0.6 is 11.3 Å². The van der Waals surface area contributed by atoms with Gasteiger partial charge >= 0.3 is 0 Å². The molecule has 1 heterocycles. The summed E-state index contributed by atoms with van der Waals surface area (Å²) in [6.45, 7) is 1.44. The van der Waals surface area contributed by atoms with Crippen molar-refractivity contribution in [3.8, 4) is 0 Å². The van der Waals surface area contributed by atoms with Crippen LogP contribution in [0, 0.1) is 5.92 Å². The van der Waals surface area contributed by atoms with Gasteiger partial charge in [0.1, 0.15) is 5.01 Å². The van der Waals surface area contributed by atoms with Gasteiger partial charge in [-0.3, -0.25) is 15.0 Å². The summed E-state index contributed by atoms with van der Waals surface area (Å²) in [5, 5.41) is 12.1. The third kappa shape index (κ3) is 3.71. The van der Waals surface area contributed by atoms with Crippen molar-refractivity contribution < 1.29 is 9.59 Å². The molecule has 1 aliphatic carbocycles. The molecule has 104 valence electrons. The van der Waals surface area contributed by atoms with E-state index in [1.54, 1.807) is 0 Å². The van der Waals surface area contributed by atoms with Crippen LogP contribution in [0.3, 0.4) is 0 Å². The lowest BCUT2D eigenvalue weighted by atomic mass is 10.0. The molecular weight excluding hydrogens is 266 g/mol. The first-order valence-electron chi connectivity index (χ1n) is 6.19. The number of rotatable bonds is 4. The Morgan fingerprint density at radius 1 is 1.42 bits per heavy atom. The van der Waals surface area contributed by atoms with Crippen LogP contribution < -0.4 is 16.6 Å². The molecule has 4 N–H and O–H groups in total. The number of hydrogen-bond donors (Lipinski definition) is 3. The van der Waals surface area contributed by atoms with E-state index in [1.807, 2.05) is 0 Å². The molecule has 0 saturated heterocycles. The van der Waals surface area contributed by atoms with Crippen LogP contribution in [0.2, 0.25) is 0 Å². The SMILES string of the molecule is CC(=O)Nc1nnc(C2CCC(CC(=O)NN)C2)s1. The van der Waals surface area contributed by atoms with E-state index in [4.69, 9.17) is 5.84 Å². The molecule has 2 rings (SSSR count). The number of nitrogens with one attached hydrogen (secondary N) is 2. The van der Waals surface area contributed by atoms with E-state index in [1.165, 1.54) is 18.3 Å². The Hall–Kier alpha value is -1.54. The standard InChI is InChI=1S/C11H17N5O2S/c1-6(17)13-11-16-15-10(19-11)8-3-2-7(4-8)5-9(18)14-12/h7-8H,2-5,12H2,1H3,(H,14,18)(H,13,16,17). The van der Waals surface area contributed by atoms with E-state index >= 15 is 0 Å². The summed E-state index contributed by atoms with van der Waals surface area (Å²) in [7, 11) is 0. The Morgan fingerprint density at radius 3 is 2.89 bits per heavy atom. The summed E-state index contributed by atoms with van der Waals surface area (Å²) in [6, 6.07) is 0. The van der Waals surface area contributed by atoms with Gasteiger partial charge < -0.3 is 5.32 Å². The van der Waals surface area contributed by atoms with Crippen molar-refractivity contribution in [3.05, 3.63) is 5.01 Å². The van der Waals surface area contributed by atoms with Crippen LogP contribution in [0.5, 0.6) is 0 Å². The Morgan fingerprint density at radius 2 is 2.21 bits per heavy atom. The van der Waals surface area contributed by atoms with Crippen molar-refractivity contribution in [2.45, 2.75) is 38.5 Å². The van der Waals surface area contributed by atoms with E-state index in [-0.39, 0.29) is 11.8 Å². The second-order valence-electron chi connectivity index (χ2n) is 4.77. The molecule has 7 nitrogen and oxygen atoms in total. The fourth-order valence-corrected chi connectivity index (χ4v) is 3.34. The van der Waals surface area contributed by atoms with E-state index in [9.17, 15) is 9.59 Å². The fraction of sp³-hybridized carbons (Fsp3) is 0.636. The lowest BCUT2D eigenvalue weighted by Gasteiger charge is -2.07. The van der Waals surface area contributed by atoms with Crippen LogP contribution in [-0.2, 0) is 9.59 Å². The predicted molar refractivity (Wildman–Crippen MR) is 71.2 cm³/mol. The largest absolute Gasteiger partial charge is 0.301 e. The first-order valence-corrected chi connectivity index (χ1v) is 7.00. The monoisotopic (exact) mass is 283 g/mol. The van der Waals surface area contributed by atoms with Crippen molar-refractivity contribution in [1.29, 1.82) is 0 Å². The van der Waals surface area contributed by atoms with E-state index in [2.05, 4.69) is 20.9 Å². The Labute approximate surface area is 114 Å². The van der Waals surface area contributed by atoms with Crippen molar-refractivity contribution in [3.63, 3.8) is 0 Å². The summed E-state index contributed by atoms with van der Waals surface area (Å²) in [5.41, 5.74) is 2.16. The van der Waals surface area contributed by atoms with Crippen molar-refractivity contribution >= 4 is 28.3 Å². The second kappa shape index (κ2) is 6.07. The average molecular weight is 283 g/mol. The molecule has 2 atom stereocenters. The first-order chi connectivity index (χ1) is 9.08. The molecule has 19 heavy (non-hydrogen) atoms. The predicted octanol–water partition coefficient (Wildman–Crippen LogP) is 0.760. The molecule has 1 saturated carbocycles. The topological polar surface area (TPSA) is 110 Å². The highest BCUT2D eigenvalue weighted by Crippen LogP contribution is 2.41. The van der Waals surface area contributed by atoms with Crippen LogP contribution in [0.25, 0.3) is 0 Å². The zero-order valence-electron chi connectivity index (χ0n) is 10.7. The third-order valence-electron chi connectivity index (χ3n) is 3.25. The molecule has 2 amide bonds. The minimum atomic E-state index is -0.147. The van der Waals surface area contributed by atoms with E-state index in [0.29, 0.717) is 23.4 Å². The molecule has 2 unspecified atom stereocenters. The molecular formula is C11H17N5O2S. The van der Waals surface area contributed by atoms with Gasteiger partial charge in [-0.2, -0.15) is 0 Å². The van der Waals surface area contributed by atoms with Gasteiger partial charge in [-0.05, 0) is 25.2 Å². The Balaban J connectivity index is 1.91. The fourth-order valence-electron chi connectivity index (χ4n) is 2.41. The summed E-state index contributed by atoms with van der Waals surface area (Å²) in [6.07, 6.45) is 3.37. The molecule has 1 aromatic rings. The lowest BCUT2D eigenvalue weighted by molar-refractivity contribution is -0.122. The maximum atomic E-state index is 11.2. The minimum Gasteiger partial charge on any atom is -0.301 e. The summed E-state index contributed by atoms with van der Waals surface area (Å²) < 4.78 is 0. The van der Waals surface area contributed by atoms with E-state index in [0.717, 1.165) is 24.3 Å². The molecule has 8 heteroatoms. The summed E-state index contributed by atoms with van der Waals surface area (Å²) >= 11 is 1.41. The van der Waals surface area contributed by atoms with Crippen LogP contribution in [-0.4, -0.2) is 22.0 Å². The van der Waals surface area contributed by atoms with Gasteiger partial charge in [0, 0.05) is 19.3 Å². The van der Waals surface area contributed by atoms with Gasteiger partial charge in [0.2, 0.25) is 16.9 Å². The molecule has 1 fully saturated rings. The number of anilines is 1. The smallest absolute Gasteiger partial charge is 0.234 e. The van der Waals surface area contributed by atoms with Gasteiger partial charge in [0.05, 0.1) is 0 Å². The van der Waals surface area contributed by atoms with Gasteiger partial charge in [-0.25, -0.2) is 5.84 Å². The summed E-state index contributed by atoms with van der Waals surface area (Å²) in [4.78, 5) is 22.1. The van der Waals surface area contributed by atoms with Crippen LogP contribution in [0.4, 0.5) is 5.13 Å². The molecule has 0 spiro atoms. The summed E-state index contributed by atoms with van der Waals surface area (Å²) in [5.74, 6) is 5.49. The quantitative estimate of drug-likeness (QED) is 0.429. The second-order valence-corrected chi connectivity index (χ2v) is 5.78. The van der Waals surface area contributed by atoms with Crippen molar-refractivity contribution in [2.24, 2.45) is 11.8 Å². The molecule has 1 aromatic heterocycles. The minimum absolute atomic E-state index is 0.123. The van der Waals surface area contributed by atoms with Crippen molar-refractivity contribution in [1.82, 2.24) is 15.6 Å². The maximum absolute atomic E-state index is 11.2. The highest BCUT2D eigenvalue weighted by Gasteiger charge is 2.29. The Kier molecular flexibility index (Phi) is 4.43. The van der Waals surface area contributed by atoms with Gasteiger partial charge in [0.15, 0.2) is 0 Å². The Bertz CT molecular complexity index is 475. The van der Waals surface area contributed by atoms with Gasteiger partial charge in [-0.1, -0.05) is 11.3 Å². The third-order valence-corrected chi connectivity index (χ3v) is 4.25. The number of carbonyl (C=O) groups excluding carboxylic acids is 2. The number of hydrogen-bond acceptors (Lipinski definition) is 6. The van der Waals surface area contributed by atoms with Gasteiger partial charge in [-0.15, -0.1) is 10.2 Å². The molecule has 0 aromatic carbocycles.